The highest BCUT2D eigenvalue weighted by atomic mass is 79.9. The number of nitrogens with zero attached hydrogens (tertiary/aromatic N) is 1. The van der Waals surface area contributed by atoms with Gasteiger partial charge in [-0.1, -0.05) is 34.1 Å². The lowest BCUT2D eigenvalue weighted by Gasteiger charge is -2.17. The first-order valence-electron chi connectivity index (χ1n) is 8.24. The van der Waals surface area contributed by atoms with Crippen molar-refractivity contribution in [2.75, 3.05) is 23.9 Å². The summed E-state index contributed by atoms with van der Waals surface area (Å²) in [5.74, 6) is 0.0712. The molecular weight excluding hydrogens is 454 g/mol. The minimum absolute atomic E-state index is 0.0692. The quantitative estimate of drug-likeness (QED) is 0.588. The van der Waals surface area contributed by atoms with E-state index in [1.54, 1.807) is 31.3 Å². The normalized spacial score (nSPS) is 10.6. The van der Waals surface area contributed by atoms with Gasteiger partial charge in [0.25, 0.3) is 0 Å². The third-order valence-corrected chi connectivity index (χ3v) is 4.97. The Hall–Kier alpha value is -2.13. The Bertz CT molecular complexity index is 806. The highest BCUT2D eigenvalue weighted by Gasteiger charge is 2.12. The molecule has 9 heteroatoms. The van der Waals surface area contributed by atoms with Gasteiger partial charge in [-0.05, 0) is 35.9 Å². The van der Waals surface area contributed by atoms with Gasteiger partial charge in [-0.25, -0.2) is 0 Å². The van der Waals surface area contributed by atoms with Gasteiger partial charge in [-0.3, -0.25) is 9.59 Å². The first-order valence-corrected chi connectivity index (χ1v) is 10.2. The van der Waals surface area contributed by atoms with Crippen LogP contribution in [0.4, 0.5) is 14.5 Å². The summed E-state index contributed by atoms with van der Waals surface area (Å²) in [6.45, 7) is -2.54. The van der Waals surface area contributed by atoms with Crippen LogP contribution in [-0.2, 0) is 16.1 Å². The summed E-state index contributed by atoms with van der Waals surface area (Å²) < 4.78 is 29.4. The standard InChI is InChI=1S/C19H19BrF2N2O3S/c1-24(10-13-5-7-16(8-6-13)27-19(21)22)18(26)12-28-11-17(25)23-15-4-2-3-14(20)9-15/h2-9,19H,10-12H2,1H3,(H,23,25). The molecule has 5 nitrogen and oxygen atoms in total. The average Bonchev–Trinajstić information content (AvgIpc) is 2.62. The molecule has 0 radical (unpaired) electrons. The molecule has 0 saturated heterocycles. The van der Waals surface area contributed by atoms with E-state index in [2.05, 4.69) is 26.0 Å². The number of carbonyl (C=O) groups excluding carboxylic acids is 2. The fourth-order valence-electron chi connectivity index (χ4n) is 2.24. The van der Waals surface area contributed by atoms with E-state index in [1.807, 2.05) is 12.1 Å². The zero-order valence-electron chi connectivity index (χ0n) is 15.0. The summed E-state index contributed by atoms with van der Waals surface area (Å²) >= 11 is 4.56. The van der Waals surface area contributed by atoms with Gasteiger partial charge in [-0.15, -0.1) is 11.8 Å². The second-order valence-corrected chi connectivity index (χ2v) is 7.72. The largest absolute Gasteiger partial charge is 0.435 e. The number of thioether (sulfide) groups is 1. The number of benzene rings is 2. The van der Waals surface area contributed by atoms with Crippen LogP contribution >= 0.6 is 27.7 Å². The van der Waals surface area contributed by atoms with Gasteiger partial charge >= 0.3 is 6.61 Å². The molecule has 0 aromatic heterocycles. The number of hydrogen-bond acceptors (Lipinski definition) is 4. The van der Waals surface area contributed by atoms with Crippen LogP contribution in [0.1, 0.15) is 5.56 Å². The molecule has 0 fully saturated rings. The summed E-state index contributed by atoms with van der Waals surface area (Å²) in [6, 6.07) is 13.4. The van der Waals surface area contributed by atoms with Crippen molar-refractivity contribution in [2.24, 2.45) is 0 Å². The molecule has 0 unspecified atom stereocenters. The summed E-state index contributed by atoms with van der Waals surface area (Å²) in [5.41, 5.74) is 1.47. The Balaban J connectivity index is 1.72. The van der Waals surface area contributed by atoms with Crippen LogP contribution in [0, 0.1) is 0 Å². The van der Waals surface area contributed by atoms with Crippen LogP contribution < -0.4 is 10.1 Å². The van der Waals surface area contributed by atoms with Crippen molar-refractivity contribution >= 4 is 45.2 Å². The van der Waals surface area contributed by atoms with Crippen LogP contribution in [0.5, 0.6) is 5.75 Å². The van der Waals surface area contributed by atoms with Crippen LogP contribution in [0.25, 0.3) is 0 Å². The molecule has 0 aliphatic heterocycles. The van der Waals surface area contributed by atoms with Crippen molar-refractivity contribution in [1.29, 1.82) is 0 Å². The first-order chi connectivity index (χ1) is 13.3. The molecule has 0 saturated carbocycles. The average molecular weight is 473 g/mol. The summed E-state index contributed by atoms with van der Waals surface area (Å²) in [4.78, 5) is 25.6. The molecule has 0 bridgehead atoms. The van der Waals surface area contributed by atoms with E-state index in [9.17, 15) is 18.4 Å². The number of rotatable bonds is 9. The van der Waals surface area contributed by atoms with Crippen molar-refractivity contribution in [3.8, 4) is 5.75 Å². The predicted octanol–water partition coefficient (Wildman–Crippen LogP) is 4.38. The molecule has 28 heavy (non-hydrogen) atoms. The Labute approximate surface area is 174 Å². The number of anilines is 1. The molecule has 2 amide bonds. The monoisotopic (exact) mass is 472 g/mol. The maximum atomic E-state index is 12.2. The maximum absolute atomic E-state index is 12.2. The minimum atomic E-state index is -2.87. The van der Waals surface area contributed by atoms with Crippen molar-refractivity contribution in [1.82, 2.24) is 4.90 Å². The van der Waals surface area contributed by atoms with E-state index in [4.69, 9.17) is 0 Å². The zero-order chi connectivity index (χ0) is 20.5. The molecule has 0 aliphatic rings. The minimum Gasteiger partial charge on any atom is -0.435 e. The van der Waals surface area contributed by atoms with E-state index in [1.165, 1.54) is 28.8 Å². The van der Waals surface area contributed by atoms with Gasteiger partial charge in [0.1, 0.15) is 5.75 Å². The van der Waals surface area contributed by atoms with Crippen molar-refractivity contribution in [3.05, 3.63) is 58.6 Å². The number of hydrogen-bond donors (Lipinski definition) is 1. The van der Waals surface area contributed by atoms with Crippen LogP contribution in [0.3, 0.4) is 0 Å². The van der Waals surface area contributed by atoms with Gasteiger partial charge < -0.3 is 15.0 Å². The highest BCUT2D eigenvalue weighted by molar-refractivity contribution is 9.10. The second-order valence-electron chi connectivity index (χ2n) is 5.82. The number of carbonyl (C=O) groups is 2. The number of ether oxygens (including phenoxy) is 1. The van der Waals surface area contributed by atoms with Gasteiger partial charge in [-0.2, -0.15) is 8.78 Å². The second kappa shape index (κ2) is 11.0. The predicted molar refractivity (Wildman–Crippen MR) is 110 cm³/mol. The molecule has 0 aliphatic carbocycles. The Morgan fingerprint density at radius 1 is 1.18 bits per heavy atom. The highest BCUT2D eigenvalue weighted by Crippen LogP contribution is 2.17. The lowest BCUT2D eigenvalue weighted by Crippen LogP contribution is -2.28. The number of amides is 2. The van der Waals surface area contributed by atoms with E-state index in [0.29, 0.717) is 12.2 Å². The van der Waals surface area contributed by atoms with E-state index >= 15 is 0 Å². The topological polar surface area (TPSA) is 58.6 Å². The van der Waals surface area contributed by atoms with Crippen molar-refractivity contribution < 1.29 is 23.1 Å². The van der Waals surface area contributed by atoms with Gasteiger partial charge in [0, 0.05) is 23.8 Å². The number of alkyl halides is 2. The smallest absolute Gasteiger partial charge is 0.387 e. The third kappa shape index (κ3) is 7.85. The van der Waals surface area contributed by atoms with Gasteiger partial charge in [0.05, 0.1) is 11.5 Å². The van der Waals surface area contributed by atoms with Crippen LogP contribution in [0.2, 0.25) is 0 Å². The van der Waals surface area contributed by atoms with Gasteiger partial charge in [0.15, 0.2) is 0 Å². The molecular formula is C19H19BrF2N2O3S. The lowest BCUT2D eigenvalue weighted by molar-refractivity contribution is -0.127. The molecule has 0 atom stereocenters. The molecule has 2 aromatic rings. The molecule has 2 rings (SSSR count). The molecule has 0 spiro atoms. The Kier molecular flexibility index (Phi) is 8.72. The van der Waals surface area contributed by atoms with E-state index in [0.717, 1.165) is 10.0 Å². The molecule has 0 heterocycles. The molecule has 150 valence electrons. The first kappa shape index (κ1) is 22.2. The molecule has 1 N–H and O–H groups in total. The van der Waals surface area contributed by atoms with Gasteiger partial charge in [0.2, 0.25) is 11.8 Å². The summed E-state index contributed by atoms with van der Waals surface area (Å²) in [6.07, 6.45) is 0. The van der Waals surface area contributed by atoms with E-state index in [-0.39, 0.29) is 29.1 Å². The van der Waals surface area contributed by atoms with Crippen molar-refractivity contribution in [2.45, 2.75) is 13.2 Å². The van der Waals surface area contributed by atoms with Crippen molar-refractivity contribution in [3.63, 3.8) is 0 Å². The lowest BCUT2D eigenvalue weighted by atomic mass is 10.2. The summed E-state index contributed by atoms with van der Waals surface area (Å²) in [7, 11) is 1.65. The Morgan fingerprint density at radius 3 is 2.54 bits per heavy atom. The van der Waals surface area contributed by atoms with Crippen LogP contribution in [-0.4, -0.2) is 41.9 Å². The van der Waals surface area contributed by atoms with E-state index < -0.39 is 6.61 Å². The van der Waals surface area contributed by atoms with Crippen LogP contribution in [0.15, 0.2) is 53.0 Å². The molecule has 2 aromatic carbocycles. The third-order valence-electron chi connectivity index (χ3n) is 3.56. The fourth-order valence-corrected chi connectivity index (χ4v) is 3.40. The Morgan fingerprint density at radius 2 is 1.89 bits per heavy atom. The number of halogens is 3. The SMILES string of the molecule is CN(Cc1ccc(OC(F)F)cc1)C(=O)CSCC(=O)Nc1cccc(Br)c1. The zero-order valence-corrected chi connectivity index (χ0v) is 17.4. The number of nitrogens with one attached hydrogen (secondary N) is 1. The maximum Gasteiger partial charge on any atom is 0.387 e. The fraction of sp³-hybridized carbons (Fsp3) is 0.263. The summed E-state index contributed by atoms with van der Waals surface area (Å²) in [5, 5.41) is 2.76.